The SMILES string of the molecule is CC(C)CN1CCN(Cc2cccn2-c2ccc(Cl)cn2)C[C@H]1CCO. The standard InChI is InChI=1S/C20H29ClN4O/c1-16(2)13-24-10-9-23(14-18(24)7-11-26)15-19-4-3-8-25(19)20-6-5-17(21)12-22-20/h3-6,8,12,16,18,26H,7,9-11,13-15H2,1-2H3/t18-/m1/s1. The quantitative estimate of drug-likeness (QED) is 0.806. The van der Waals surface area contributed by atoms with Gasteiger partial charge in [0.2, 0.25) is 0 Å². The molecule has 3 rings (SSSR count). The van der Waals surface area contributed by atoms with Gasteiger partial charge in [-0.2, -0.15) is 0 Å². The van der Waals surface area contributed by atoms with E-state index in [2.05, 4.69) is 45.3 Å². The average molecular weight is 377 g/mol. The van der Waals surface area contributed by atoms with Crippen LogP contribution in [0.4, 0.5) is 0 Å². The first kappa shape index (κ1) is 19.4. The van der Waals surface area contributed by atoms with Crippen molar-refractivity contribution in [2.75, 3.05) is 32.8 Å². The van der Waals surface area contributed by atoms with Crippen molar-refractivity contribution in [1.82, 2.24) is 19.4 Å². The van der Waals surface area contributed by atoms with Crippen LogP contribution in [0.5, 0.6) is 0 Å². The zero-order valence-corrected chi connectivity index (χ0v) is 16.4. The highest BCUT2D eigenvalue weighted by atomic mass is 35.5. The van der Waals surface area contributed by atoms with Crippen LogP contribution in [-0.4, -0.2) is 63.3 Å². The zero-order valence-electron chi connectivity index (χ0n) is 15.7. The number of piperazine rings is 1. The van der Waals surface area contributed by atoms with Gasteiger partial charge in [-0.15, -0.1) is 0 Å². The number of pyridine rings is 1. The van der Waals surface area contributed by atoms with Crippen LogP contribution in [0.1, 0.15) is 26.0 Å². The van der Waals surface area contributed by atoms with E-state index in [1.807, 2.05) is 18.3 Å². The van der Waals surface area contributed by atoms with Crippen LogP contribution in [0.25, 0.3) is 5.82 Å². The molecule has 0 aromatic carbocycles. The molecule has 26 heavy (non-hydrogen) atoms. The lowest BCUT2D eigenvalue weighted by Crippen LogP contribution is -2.54. The van der Waals surface area contributed by atoms with E-state index in [1.165, 1.54) is 5.69 Å². The molecule has 1 aliphatic heterocycles. The van der Waals surface area contributed by atoms with E-state index < -0.39 is 0 Å². The normalized spacial score (nSPS) is 19.3. The van der Waals surface area contributed by atoms with Gasteiger partial charge in [0.15, 0.2) is 0 Å². The Hall–Kier alpha value is -1.40. The van der Waals surface area contributed by atoms with Crippen molar-refractivity contribution < 1.29 is 5.11 Å². The van der Waals surface area contributed by atoms with Crippen LogP contribution in [-0.2, 0) is 6.54 Å². The molecular weight excluding hydrogens is 348 g/mol. The van der Waals surface area contributed by atoms with Gasteiger partial charge in [-0.25, -0.2) is 4.98 Å². The van der Waals surface area contributed by atoms with Crippen molar-refractivity contribution in [2.45, 2.75) is 32.9 Å². The molecule has 1 N–H and O–H groups in total. The van der Waals surface area contributed by atoms with E-state index in [0.29, 0.717) is 17.0 Å². The first-order valence-electron chi connectivity index (χ1n) is 9.42. The van der Waals surface area contributed by atoms with Gasteiger partial charge in [0, 0.05) is 63.5 Å². The zero-order chi connectivity index (χ0) is 18.5. The van der Waals surface area contributed by atoms with Crippen molar-refractivity contribution in [1.29, 1.82) is 0 Å². The highest BCUT2D eigenvalue weighted by molar-refractivity contribution is 6.30. The summed E-state index contributed by atoms with van der Waals surface area (Å²) < 4.78 is 2.12. The highest BCUT2D eigenvalue weighted by Crippen LogP contribution is 2.19. The summed E-state index contributed by atoms with van der Waals surface area (Å²) in [6.07, 6.45) is 4.57. The summed E-state index contributed by atoms with van der Waals surface area (Å²) in [6, 6.07) is 8.45. The molecule has 0 radical (unpaired) electrons. The van der Waals surface area contributed by atoms with Crippen molar-refractivity contribution >= 4 is 11.6 Å². The van der Waals surface area contributed by atoms with Crippen LogP contribution >= 0.6 is 11.6 Å². The smallest absolute Gasteiger partial charge is 0.136 e. The van der Waals surface area contributed by atoms with E-state index in [9.17, 15) is 5.11 Å². The number of aliphatic hydroxyl groups excluding tert-OH is 1. The van der Waals surface area contributed by atoms with Gasteiger partial charge in [-0.1, -0.05) is 25.4 Å². The maximum absolute atomic E-state index is 9.46. The van der Waals surface area contributed by atoms with E-state index >= 15 is 0 Å². The second-order valence-electron chi connectivity index (χ2n) is 7.49. The topological polar surface area (TPSA) is 44.5 Å². The van der Waals surface area contributed by atoms with Crippen molar-refractivity contribution in [2.24, 2.45) is 5.92 Å². The minimum atomic E-state index is 0.248. The Bertz CT molecular complexity index is 685. The first-order valence-corrected chi connectivity index (χ1v) is 9.80. The van der Waals surface area contributed by atoms with E-state index in [0.717, 1.165) is 45.0 Å². The molecule has 142 valence electrons. The largest absolute Gasteiger partial charge is 0.396 e. The monoisotopic (exact) mass is 376 g/mol. The van der Waals surface area contributed by atoms with Crippen LogP contribution < -0.4 is 0 Å². The maximum atomic E-state index is 9.46. The summed E-state index contributed by atoms with van der Waals surface area (Å²) in [6.45, 7) is 9.85. The lowest BCUT2D eigenvalue weighted by Gasteiger charge is -2.42. The third kappa shape index (κ3) is 4.86. The number of halogens is 1. The number of hydrogen-bond acceptors (Lipinski definition) is 4. The summed E-state index contributed by atoms with van der Waals surface area (Å²) in [5, 5.41) is 10.1. The average Bonchev–Trinajstić information content (AvgIpc) is 3.06. The maximum Gasteiger partial charge on any atom is 0.136 e. The lowest BCUT2D eigenvalue weighted by atomic mass is 10.1. The second-order valence-corrected chi connectivity index (χ2v) is 7.93. The first-order chi connectivity index (χ1) is 12.6. The predicted octanol–water partition coefficient (Wildman–Crippen LogP) is 3.05. The summed E-state index contributed by atoms with van der Waals surface area (Å²) in [5.74, 6) is 1.54. The summed E-state index contributed by atoms with van der Waals surface area (Å²) in [4.78, 5) is 9.46. The molecule has 0 amide bonds. The van der Waals surface area contributed by atoms with Crippen molar-refractivity contribution in [3.63, 3.8) is 0 Å². The van der Waals surface area contributed by atoms with Gasteiger partial charge in [0.05, 0.1) is 5.02 Å². The predicted molar refractivity (Wildman–Crippen MR) is 106 cm³/mol. The molecule has 1 fully saturated rings. The Kier molecular flexibility index (Phi) is 6.70. The molecular formula is C20H29ClN4O. The Morgan fingerprint density at radius 3 is 2.81 bits per heavy atom. The van der Waals surface area contributed by atoms with E-state index in [4.69, 9.17) is 11.6 Å². The molecule has 0 unspecified atom stereocenters. The Labute approximate surface area is 161 Å². The second kappa shape index (κ2) is 9.00. The fraction of sp³-hybridized carbons (Fsp3) is 0.550. The molecule has 0 spiro atoms. The van der Waals surface area contributed by atoms with Crippen LogP contribution in [0.3, 0.4) is 0 Å². The highest BCUT2D eigenvalue weighted by Gasteiger charge is 2.27. The number of nitrogens with zero attached hydrogens (tertiary/aromatic N) is 4. The molecule has 0 aliphatic carbocycles. The van der Waals surface area contributed by atoms with E-state index in [1.54, 1.807) is 6.20 Å². The van der Waals surface area contributed by atoms with Crippen LogP contribution in [0, 0.1) is 5.92 Å². The molecule has 0 saturated carbocycles. The molecule has 1 atom stereocenters. The summed E-state index contributed by atoms with van der Waals surface area (Å²) in [5.41, 5.74) is 1.22. The molecule has 5 nitrogen and oxygen atoms in total. The Balaban J connectivity index is 1.68. The van der Waals surface area contributed by atoms with Crippen molar-refractivity contribution in [3.05, 3.63) is 47.4 Å². The molecule has 2 aromatic rings. The molecule has 1 aliphatic rings. The molecule has 1 saturated heterocycles. The minimum absolute atomic E-state index is 0.248. The fourth-order valence-electron chi connectivity index (χ4n) is 3.74. The minimum Gasteiger partial charge on any atom is -0.396 e. The van der Waals surface area contributed by atoms with Gasteiger partial charge in [0.25, 0.3) is 0 Å². The molecule has 3 heterocycles. The number of aliphatic hydroxyl groups is 1. The van der Waals surface area contributed by atoms with Gasteiger partial charge in [0.1, 0.15) is 5.82 Å². The fourth-order valence-corrected chi connectivity index (χ4v) is 3.85. The summed E-state index contributed by atoms with van der Waals surface area (Å²) in [7, 11) is 0. The van der Waals surface area contributed by atoms with Gasteiger partial charge in [-0.05, 0) is 36.6 Å². The Morgan fingerprint density at radius 1 is 1.27 bits per heavy atom. The molecule has 2 aromatic heterocycles. The number of hydrogen-bond donors (Lipinski definition) is 1. The van der Waals surface area contributed by atoms with Gasteiger partial charge < -0.3 is 9.67 Å². The molecule has 0 bridgehead atoms. The molecule has 6 heteroatoms. The van der Waals surface area contributed by atoms with Gasteiger partial charge >= 0.3 is 0 Å². The van der Waals surface area contributed by atoms with Crippen molar-refractivity contribution in [3.8, 4) is 5.82 Å². The third-order valence-corrected chi connectivity index (χ3v) is 5.15. The number of aromatic nitrogens is 2. The van der Waals surface area contributed by atoms with Crippen LogP contribution in [0.2, 0.25) is 5.02 Å². The van der Waals surface area contributed by atoms with E-state index in [-0.39, 0.29) is 6.61 Å². The lowest BCUT2D eigenvalue weighted by molar-refractivity contribution is 0.0469. The summed E-state index contributed by atoms with van der Waals surface area (Å²) >= 11 is 5.96. The van der Waals surface area contributed by atoms with Crippen LogP contribution in [0.15, 0.2) is 36.7 Å². The Morgan fingerprint density at radius 2 is 2.12 bits per heavy atom. The van der Waals surface area contributed by atoms with Gasteiger partial charge in [-0.3, -0.25) is 9.80 Å². The third-order valence-electron chi connectivity index (χ3n) is 4.93. The number of rotatable bonds is 7.